The molecule has 0 atom stereocenters. The fourth-order valence-corrected chi connectivity index (χ4v) is 3.22. The SMILES string of the molecule is Cc1cnc(OCCCN2CCN(c3cc(C(F)(F)F)nc(C(C)(C)C)n3)CC2)nc1O. The third-order valence-electron chi connectivity index (χ3n) is 5.14. The highest BCUT2D eigenvalue weighted by Gasteiger charge is 2.35. The van der Waals surface area contributed by atoms with Crippen molar-refractivity contribution in [1.82, 2.24) is 24.8 Å². The van der Waals surface area contributed by atoms with E-state index in [1.165, 1.54) is 6.20 Å². The van der Waals surface area contributed by atoms with Crippen molar-refractivity contribution in [3.63, 3.8) is 0 Å². The molecule has 8 nitrogen and oxygen atoms in total. The Morgan fingerprint density at radius 3 is 2.34 bits per heavy atom. The molecule has 0 aromatic carbocycles. The number of hydrogen-bond donors (Lipinski definition) is 1. The zero-order valence-electron chi connectivity index (χ0n) is 18.8. The van der Waals surface area contributed by atoms with Gasteiger partial charge in [-0.25, -0.2) is 15.0 Å². The third-order valence-corrected chi connectivity index (χ3v) is 5.14. The largest absolute Gasteiger partial charge is 0.493 e. The van der Waals surface area contributed by atoms with E-state index in [9.17, 15) is 18.3 Å². The molecule has 0 unspecified atom stereocenters. The Balaban J connectivity index is 1.53. The highest BCUT2D eigenvalue weighted by molar-refractivity contribution is 5.42. The van der Waals surface area contributed by atoms with Crippen LogP contribution in [0.2, 0.25) is 0 Å². The minimum absolute atomic E-state index is 0.0980. The van der Waals surface area contributed by atoms with E-state index in [1.807, 2.05) is 4.90 Å². The Hall–Kier alpha value is -2.69. The molecule has 32 heavy (non-hydrogen) atoms. The Morgan fingerprint density at radius 2 is 1.75 bits per heavy atom. The maximum atomic E-state index is 13.4. The lowest BCUT2D eigenvalue weighted by Crippen LogP contribution is -2.47. The van der Waals surface area contributed by atoms with Gasteiger partial charge in [0.2, 0.25) is 5.88 Å². The summed E-state index contributed by atoms with van der Waals surface area (Å²) in [5, 5.41) is 9.59. The number of nitrogens with zero attached hydrogens (tertiary/aromatic N) is 6. The second-order valence-electron chi connectivity index (χ2n) is 8.87. The number of aryl methyl sites for hydroxylation is 1. The molecule has 0 saturated carbocycles. The van der Waals surface area contributed by atoms with Crippen LogP contribution in [0.3, 0.4) is 0 Å². The lowest BCUT2D eigenvalue weighted by atomic mass is 9.95. The molecule has 1 N–H and O–H groups in total. The zero-order valence-corrected chi connectivity index (χ0v) is 18.8. The lowest BCUT2D eigenvalue weighted by molar-refractivity contribution is -0.141. The summed E-state index contributed by atoms with van der Waals surface area (Å²) in [5.41, 5.74) is -0.914. The van der Waals surface area contributed by atoms with Crippen LogP contribution in [0.4, 0.5) is 19.0 Å². The van der Waals surface area contributed by atoms with E-state index in [0.29, 0.717) is 44.2 Å². The van der Waals surface area contributed by atoms with Crippen molar-refractivity contribution in [1.29, 1.82) is 0 Å². The molecule has 0 radical (unpaired) electrons. The summed E-state index contributed by atoms with van der Waals surface area (Å²) < 4.78 is 45.5. The highest BCUT2D eigenvalue weighted by Crippen LogP contribution is 2.32. The van der Waals surface area contributed by atoms with Crippen molar-refractivity contribution in [2.75, 3.05) is 44.2 Å². The van der Waals surface area contributed by atoms with E-state index in [0.717, 1.165) is 19.0 Å². The standard InChI is InChI=1S/C21H29F3N6O2/c1-14-13-25-19(28-17(14)31)32-11-5-6-29-7-9-30(10-8-29)16-12-15(21(22,23)24)26-18(27-16)20(2,3)4/h12-13H,5-11H2,1-4H3,(H,25,28,31). The predicted molar refractivity (Wildman–Crippen MR) is 113 cm³/mol. The number of alkyl halides is 3. The van der Waals surface area contributed by atoms with E-state index < -0.39 is 17.3 Å². The van der Waals surface area contributed by atoms with Gasteiger partial charge in [0, 0.05) is 56.0 Å². The third kappa shape index (κ3) is 6.18. The van der Waals surface area contributed by atoms with Gasteiger partial charge in [0.05, 0.1) is 6.61 Å². The van der Waals surface area contributed by atoms with Crippen molar-refractivity contribution in [3.8, 4) is 11.9 Å². The van der Waals surface area contributed by atoms with Crippen molar-refractivity contribution < 1.29 is 23.0 Å². The number of hydrogen-bond acceptors (Lipinski definition) is 8. The molecule has 1 saturated heterocycles. The first-order chi connectivity index (χ1) is 14.9. The molecule has 2 aromatic rings. The molecule has 0 spiro atoms. The smallest absolute Gasteiger partial charge is 0.433 e. The van der Waals surface area contributed by atoms with E-state index in [1.54, 1.807) is 27.7 Å². The Kier molecular flexibility index (Phi) is 7.06. The molecule has 0 amide bonds. The van der Waals surface area contributed by atoms with Crippen LogP contribution in [0, 0.1) is 6.92 Å². The highest BCUT2D eigenvalue weighted by atomic mass is 19.4. The summed E-state index contributed by atoms with van der Waals surface area (Å²) in [5.74, 6) is 0.405. The summed E-state index contributed by atoms with van der Waals surface area (Å²) in [6.07, 6.45) is -2.28. The van der Waals surface area contributed by atoms with Crippen molar-refractivity contribution >= 4 is 5.82 Å². The molecule has 0 aliphatic carbocycles. The normalized spacial score (nSPS) is 15.8. The summed E-state index contributed by atoms with van der Waals surface area (Å²) in [7, 11) is 0. The number of halogens is 3. The summed E-state index contributed by atoms with van der Waals surface area (Å²) in [4.78, 5) is 20.2. The van der Waals surface area contributed by atoms with Crippen LogP contribution >= 0.6 is 0 Å². The minimum atomic E-state index is -4.52. The van der Waals surface area contributed by atoms with Gasteiger partial charge in [-0.2, -0.15) is 18.2 Å². The van der Waals surface area contributed by atoms with Gasteiger partial charge in [0.25, 0.3) is 0 Å². The molecule has 1 aliphatic heterocycles. The number of ether oxygens (including phenoxy) is 1. The van der Waals surface area contributed by atoms with Gasteiger partial charge in [0.1, 0.15) is 17.3 Å². The minimum Gasteiger partial charge on any atom is -0.493 e. The van der Waals surface area contributed by atoms with Crippen molar-refractivity contribution in [2.45, 2.75) is 45.7 Å². The van der Waals surface area contributed by atoms with Crippen molar-refractivity contribution in [3.05, 3.63) is 29.3 Å². The zero-order chi connectivity index (χ0) is 23.5. The van der Waals surface area contributed by atoms with E-state index in [2.05, 4.69) is 24.8 Å². The fourth-order valence-electron chi connectivity index (χ4n) is 3.22. The molecule has 3 rings (SSSR count). The van der Waals surface area contributed by atoms with Gasteiger partial charge < -0.3 is 14.7 Å². The average molecular weight is 454 g/mol. The monoisotopic (exact) mass is 454 g/mol. The number of anilines is 1. The molecular weight excluding hydrogens is 425 g/mol. The quantitative estimate of drug-likeness (QED) is 0.666. The first kappa shape index (κ1) is 24.0. The number of aromatic hydroxyl groups is 1. The Bertz CT molecular complexity index is 892. The molecule has 176 valence electrons. The summed E-state index contributed by atoms with van der Waals surface area (Å²) in [6, 6.07) is 1.17. The van der Waals surface area contributed by atoms with E-state index >= 15 is 0 Å². The van der Waals surface area contributed by atoms with Gasteiger partial charge >= 0.3 is 12.2 Å². The molecule has 1 aliphatic rings. The first-order valence-electron chi connectivity index (χ1n) is 10.5. The molecule has 2 aromatic heterocycles. The fraction of sp³-hybridized carbons (Fsp3) is 0.619. The van der Waals surface area contributed by atoms with Gasteiger partial charge in [-0.1, -0.05) is 20.8 Å². The van der Waals surface area contributed by atoms with Crippen LogP contribution in [-0.2, 0) is 11.6 Å². The molecule has 11 heteroatoms. The summed E-state index contributed by atoms with van der Waals surface area (Å²) in [6.45, 7) is 10.8. The van der Waals surface area contributed by atoms with Crippen molar-refractivity contribution in [2.24, 2.45) is 0 Å². The molecule has 1 fully saturated rings. The van der Waals surface area contributed by atoms with Crippen LogP contribution in [0.5, 0.6) is 11.9 Å². The Labute approximate surface area is 185 Å². The second kappa shape index (κ2) is 9.43. The van der Waals surface area contributed by atoms with Crippen LogP contribution in [0.25, 0.3) is 0 Å². The van der Waals surface area contributed by atoms with Gasteiger partial charge in [0.15, 0.2) is 0 Å². The van der Waals surface area contributed by atoms with E-state index in [-0.39, 0.29) is 17.7 Å². The van der Waals surface area contributed by atoms with Crippen LogP contribution < -0.4 is 9.64 Å². The first-order valence-corrected chi connectivity index (χ1v) is 10.5. The topological polar surface area (TPSA) is 87.5 Å². The molecule has 0 bridgehead atoms. The summed E-state index contributed by atoms with van der Waals surface area (Å²) >= 11 is 0. The number of rotatable bonds is 6. The van der Waals surface area contributed by atoms with Gasteiger partial charge in [-0.15, -0.1) is 0 Å². The predicted octanol–water partition coefficient (Wildman–Crippen LogP) is 3.19. The number of aromatic nitrogens is 4. The van der Waals surface area contributed by atoms with Gasteiger partial charge in [-0.3, -0.25) is 4.90 Å². The van der Waals surface area contributed by atoms with Crippen LogP contribution in [0.15, 0.2) is 12.3 Å². The maximum absolute atomic E-state index is 13.4. The Morgan fingerprint density at radius 1 is 1.06 bits per heavy atom. The molecular formula is C21H29F3N6O2. The number of piperazine rings is 1. The maximum Gasteiger partial charge on any atom is 0.433 e. The average Bonchev–Trinajstić information content (AvgIpc) is 2.72. The second-order valence-corrected chi connectivity index (χ2v) is 8.87. The molecule has 3 heterocycles. The van der Waals surface area contributed by atoms with E-state index in [4.69, 9.17) is 4.74 Å². The van der Waals surface area contributed by atoms with Gasteiger partial charge in [-0.05, 0) is 13.3 Å². The lowest BCUT2D eigenvalue weighted by Gasteiger charge is -2.36. The van der Waals surface area contributed by atoms with Crippen LogP contribution in [0.1, 0.15) is 44.3 Å². The van der Waals surface area contributed by atoms with Crippen LogP contribution in [-0.4, -0.2) is 69.3 Å².